The molecule has 3 rings (SSSR count). The van der Waals surface area contributed by atoms with Crippen LogP contribution in [0.2, 0.25) is 0 Å². The Hall–Kier alpha value is -1.35. The van der Waals surface area contributed by atoms with Gasteiger partial charge in [-0.3, -0.25) is 0 Å². The minimum atomic E-state index is 0.672. The Morgan fingerprint density at radius 3 is 3.05 bits per heavy atom. The summed E-state index contributed by atoms with van der Waals surface area (Å²) in [6, 6.07) is 4.83. The summed E-state index contributed by atoms with van der Waals surface area (Å²) >= 11 is 0. The van der Waals surface area contributed by atoms with Crippen LogP contribution in [0.3, 0.4) is 0 Å². The quantitative estimate of drug-likeness (QED) is 0.886. The van der Waals surface area contributed by atoms with Gasteiger partial charge in [-0.05, 0) is 42.4 Å². The number of hydrogen-bond donors (Lipinski definition) is 2. The summed E-state index contributed by atoms with van der Waals surface area (Å²) in [6.07, 6.45) is 9.41. The van der Waals surface area contributed by atoms with Gasteiger partial charge in [0.05, 0.1) is 0 Å². The molecule has 2 aromatic heterocycles. The fourth-order valence-electron chi connectivity index (χ4n) is 3.61. The van der Waals surface area contributed by atoms with Gasteiger partial charge in [-0.25, -0.2) is 4.98 Å². The summed E-state index contributed by atoms with van der Waals surface area (Å²) in [6.45, 7) is 5.67. The first-order valence-electron chi connectivity index (χ1n) is 7.90. The lowest BCUT2D eigenvalue weighted by molar-refractivity contribution is 0.205. The Kier molecular flexibility index (Phi) is 4.06. The van der Waals surface area contributed by atoms with Crippen molar-refractivity contribution in [3.05, 3.63) is 30.1 Å². The first kappa shape index (κ1) is 13.6. The number of aromatic nitrogens is 2. The lowest BCUT2D eigenvalue weighted by atomic mass is 9.78. The average Bonchev–Trinajstić information content (AvgIpc) is 2.88. The lowest BCUT2D eigenvalue weighted by Gasteiger charge is -2.35. The third kappa shape index (κ3) is 2.73. The van der Waals surface area contributed by atoms with Crippen LogP contribution in [0.15, 0.2) is 24.5 Å². The second-order valence-corrected chi connectivity index (χ2v) is 6.39. The van der Waals surface area contributed by atoms with Crippen molar-refractivity contribution in [3.63, 3.8) is 0 Å². The topological polar surface area (TPSA) is 40.7 Å². The van der Waals surface area contributed by atoms with Crippen LogP contribution in [0.25, 0.3) is 11.0 Å². The number of nitrogens with zero attached hydrogens (tertiary/aromatic N) is 1. The fourth-order valence-corrected chi connectivity index (χ4v) is 3.61. The molecule has 3 heteroatoms. The van der Waals surface area contributed by atoms with E-state index in [2.05, 4.69) is 41.4 Å². The van der Waals surface area contributed by atoms with Crippen molar-refractivity contribution in [3.8, 4) is 0 Å². The van der Waals surface area contributed by atoms with Crippen molar-refractivity contribution in [2.24, 2.45) is 11.8 Å². The van der Waals surface area contributed by atoms with Crippen LogP contribution in [0.4, 0.5) is 0 Å². The molecule has 2 atom stereocenters. The Morgan fingerprint density at radius 2 is 2.20 bits per heavy atom. The normalized spacial score (nSPS) is 23.6. The molecule has 0 bridgehead atoms. The molecule has 0 aromatic carbocycles. The predicted octanol–water partition coefficient (Wildman–Crippen LogP) is 3.87. The highest BCUT2D eigenvalue weighted by Gasteiger charge is 2.27. The zero-order valence-corrected chi connectivity index (χ0v) is 12.5. The van der Waals surface area contributed by atoms with Crippen LogP contribution < -0.4 is 5.32 Å². The smallest absolute Gasteiger partial charge is 0.137 e. The summed E-state index contributed by atoms with van der Waals surface area (Å²) in [7, 11) is 0. The van der Waals surface area contributed by atoms with Crippen molar-refractivity contribution < 1.29 is 0 Å². The Balaban J connectivity index is 1.69. The van der Waals surface area contributed by atoms with E-state index >= 15 is 0 Å². The van der Waals surface area contributed by atoms with Gasteiger partial charge in [-0.2, -0.15) is 0 Å². The maximum absolute atomic E-state index is 4.36. The van der Waals surface area contributed by atoms with Crippen molar-refractivity contribution >= 4 is 11.0 Å². The predicted molar refractivity (Wildman–Crippen MR) is 83.5 cm³/mol. The minimum Gasteiger partial charge on any atom is -0.346 e. The number of rotatable bonds is 4. The molecule has 2 unspecified atom stereocenters. The Morgan fingerprint density at radius 1 is 1.35 bits per heavy atom. The molecular formula is C17H25N3. The second-order valence-electron chi connectivity index (χ2n) is 6.39. The van der Waals surface area contributed by atoms with E-state index < -0.39 is 0 Å². The molecule has 0 amide bonds. The first-order chi connectivity index (χ1) is 9.75. The number of pyridine rings is 1. The molecule has 20 heavy (non-hydrogen) atoms. The van der Waals surface area contributed by atoms with Crippen LogP contribution >= 0.6 is 0 Å². The second kappa shape index (κ2) is 5.96. The Labute approximate surface area is 121 Å². The highest BCUT2D eigenvalue weighted by Crippen LogP contribution is 2.30. The fraction of sp³-hybridized carbons (Fsp3) is 0.588. The van der Waals surface area contributed by atoms with Crippen LogP contribution in [-0.2, 0) is 6.54 Å². The summed E-state index contributed by atoms with van der Waals surface area (Å²) in [4.78, 5) is 7.62. The highest BCUT2D eigenvalue weighted by atomic mass is 14.9. The van der Waals surface area contributed by atoms with E-state index in [1.54, 1.807) is 0 Å². The van der Waals surface area contributed by atoms with Gasteiger partial charge in [0.2, 0.25) is 0 Å². The molecule has 0 aliphatic heterocycles. The van der Waals surface area contributed by atoms with Crippen molar-refractivity contribution in [1.29, 1.82) is 0 Å². The number of aromatic amines is 1. The molecule has 2 N–H and O–H groups in total. The molecular weight excluding hydrogens is 246 g/mol. The van der Waals surface area contributed by atoms with E-state index in [4.69, 9.17) is 0 Å². The largest absolute Gasteiger partial charge is 0.346 e. The van der Waals surface area contributed by atoms with Gasteiger partial charge >= 0.3 is 0 Å². The van der Waals surface area contributed by atoms with Gasteiger partial charge in [-0.15, -0.1) is 0 Å². The van der Waals surface area contributed by atoms with E-state index in [0.29, 0.717) is 6.04 Å². The summed E-state index contributed by atoms with van der Waals surface area (Å²) in [5.41, 5.74) is 2.33. The van der Waals surface area contributed by atoms with Crippen molar-refractivity contribution in [1.82, 2.24) is 15.3 Å². The molecule has 1 aliphatic carbocycles. The van der Waals surface area contributed by atoms with Crippen LogP contribution in [0.1, 0.15) is 45.1 Å². The highest BCUT2D eigenvalue weighted by molar-refractivity contribution is 5.79. The van der Waals surface area contributed by atoms with E-state index in [9.17, 15) is 0 Å². The SMILES string of the molecule is CC(C)C1CCCCC1NCc1c[nH]c2ncccc12. The number of nitrogens with one attached hydrogen (secondary N) is 2. The minimum absolute atomic E-state index is 0.672. The molecule has 2 heterocycles. The van der Waals surface area contributed by atoms with Crippen LogP contribution in [-0.4, -0.2) is 16.0 Å². The third-order valence-corrected chi connectivity index (χ3v) is 4.77. The molecule has 0 saturated heterocycles. The molecule has 1 saturated carbocycles. The molecule has 108 valence electrons. The number of hydrogen-bond acceptors (Lipinski definition) is 2. The lowest BCUT2D eigenvalue weighted by Crippen LogP contribution is -2.40. The summed E-state index contributed by atoms with van der Waals surface area (Å²) in [5.74, 6) is 1.60. The monoisotopic (exact) mass is 271 g/mol. The number of fused-ring (bicyclic) bond motifs is 1. The van der Waals surface area contributed by atoms with Gasteiger partial charge in [0, 0.05) is 30.4 Å². The molecule has 0 spiro atoms. The molecule has 0 radical (unpaired) electrons. The standard InChI is InChI=1S/C17H25N3/c1-12(2)14-6-3-4-8-16(14)19-10-13-11-20-17-15(13)7-5-9-18-17/h5,7,9,11-12,14,16,19H,3-4,6,8,10H2,1-2H3,(H,18,20). The van der Waals surface area contributed by atoms with Gasteiger partial charge in [0.1, 0.15) is 5.65 Å². The maximum atomic E-state index is 4.36. The Bertz CT molecular complexity index is 558. The van der Waals surface area contributed by atoms with E-state index in [-0.39, 0.29) is 0 Å². The van der Waals surface area contributed by atoms with Gasteiger partial charge < -0.3 is 10.3 Å². The molecule has 3 nitrogen and oxygen atoms in total. The molecule has 1 aliphatic rings. The van der Waals surface area contributed by atoms with E-state index in [1.807, 2.05) is 12.3 Å². The third-order valence-electron chi connectivity index (χ3n) is 4.77. The first-order valence-corrected chi connectivity index (χ1v) is 7.90. The van der Waals surface area contributed by atoms with Gasteiger partial charge in [0.25, 0.3) is 0 Å². The van der Waals surface area contributed by atoms with Crippen LogP contribution in [0, 0.1) is 11.8 Å². The zero-order chi connectivity index (χ0) is 13.9. The zero-order valence-electron chi connectivity index (χ0n) is 12.5. The van der Waals surface area contributed by atoms with Crippen LogP contribution in [0.5, 0.6) is 0 Å². The van der Waals surface area contributed by atoms with Crippen molar-refractivity contribution in [2.75, 3.05) is 0 Å². The average molecular weight is 271 g/mol. The van der Waals surface area contributed by atoms with Crippen molar-refractivity contribution in [2.45, 2.75) is 52.1 Å². The van der Waals surface area contributed by atoms with Gasteiger partial charge in [0.15, 0.2) is 0 Å². The molecule has 2 aromatic rings. The molecule has 1 fully saturated rings. The number of H-pyrrole nitrogens is 1. The van der Waals surface area contributed by atoms with E-state index in [1.165, 1.54) is 36.6 Å². The van der Waals surface area contributed by atoms with E-state index in [0.717, 1.165) is 24.0 Å². The summed E-state index contributed by atoms with van der Waals surface area (Å²) < 4.78 is 0. The maximum Gasteiger partial charge on any atom is 0.137 e. The summed E-state index contributed by atoms with van der Waals surface area (Å²) in [5, 5.41) is 5.05. The van der Waals surface area contributed by atoms with Gasteiger partial charge in [-0.1, -0.05) is 26.7 Å².